The van der Waals surface area contributed by atoms with E-state index in [0.29, 0.717) is 25.8 Å². The van der Waals surface area contributed by atoms with Crippen LogP contribution in [0.15, 0.2) is 0 Å². The lowest BCUT2D eigenvalue weighted by molar-refractivity contribution is -0.142. The summed E-state index contributed by atoms with van der Waals surface area (Å²) < 4.78 is 0. The van der Waals surface area contributed by atoms with Crippen LogP contribution >= 0.6 is 0 Å². The molecule has 200 valence electrons. The minimum Gasteiger partial charge on any atom is -0.480 e. The van der Waals surface area contributed by atoms with Gasteiger partial charge in [-0.3, -0.25) is 24.0 Å². The Morgan fingerprint density at radius 3 is 1.91 bits per heavy atom. The number of hydrogen-bond donors (Lipinski definition) is 8. The van der Waals surface area contributed by atoms with E-state index in [4.69, 9.17) is 22.9 Å². The number of carboxylic acids is 1. The Morgan fingerprint density at radius 2 is 1.43 bits per heavy atom. The number of nitrogens with two attached hydrogens (primary N) is 4. The molecule has 0 aromatic rings. The first-order chi connectivity index (χ1) is 16.3. The third-order valence-corrected chi connectivity index (χ3v) is 5.43. The van der Waals surface area contributed by atoms with Crippen LogP contribution in [0, 0.1) is 5.92 Å². The minimum absolute atomic E-state index is 0.0244. The number of unbranched alkanes of at least 4 members (excludes halogenated alkanes) is 1. The smallest absolute Gasteiger partial charge is 0.326 e. The maximum atomic E-state index is 13.0. The summed E-state index contributed by atoms with van der Waals surface area (Å²) in [5, 5.41) is 16.6. The minimum atomic E-state index is -1.47. The summed E-state index contributed by atoms with van der Waals surface area (Å²) >= 11 is 0. The van der Waals surface area contributed by atoms with E-state index in [1.54, 1.807) is 13.8 Å². The molecule has 14 heteroatoms. The molecule has 0 radical (unpaired) electrons. The zero-order valence-corrected chi connectivity index (χ0v) is 20.2. The van der Waals surface area contributed by atoms with E-state index in [9.17, 15) is 33.9 Å². The lowest BCUT2D eigenvalue weighted by atomic mass is 9.97. The summed E-state index contributed by atoms with van der Waals surface area (Å²) in [7, 11) is 0. The average Bonchev–Trinajstić information content (AvgIpc) is 2.78. The van der Waals surface area contributed by atoms with Crippen LogP contribution in [0.25, 0.3) is 0 Å². The molecule has 0 rings (SSSR count). The van der Waals surface area contributed by atoms with Gasteiger partial charge in [-0.1, -0.05) is 20.3 Å². The van der Waals surface area contributed by atoms with Crippen molar-refractivity contribution in [3.8, 4) is 0 Å². The first-order valence-corrected chi connectivity index (χ1v) is 11.5. The predicted octanol–water partition coefficient (Wildman–Crippen LogP) is -2.83. The van der Waals surface area contributed by atoms with Crippen molar-refractivity contribution < 1.29 is 33.9 Å². The SMILES string of the molecule is CCC(C)C(NC(=O)C(N)CCC(N)=O)C(=O)NC(CC(N)=O)C(=O)NC(CCCCN)C(=O)O. The van der Waals surface area contributed by atoms with Gasteiger partial charge in [-0.15, -0.1) is 0 Å². The maximum Gasteiger partial charge on any atom is 0.326 e. The van der Waals surface area contributed by atoms with Gasteiger partial charge < -0.3 is 44.0 Å². The van der Waals surface area contributed by atoms with Gasteiger partial charge in [-0.05, 0) is 38.1 Å². The Labute approximate surface area is 204 Å². The third kappa shape index (κ3) is 12.7. The number of carboxylic acid groups (broad SMARTS) is 1. The molecular formula is C21H39N7O7. The van der Waals surface area contributed by atoms with Crippen LogP contribution < -0.4 is 38.9 Å². The summed E-state index contributed by atoms with van der Waals surface area (Å²) in [6.45, 7) is 3.81. The molecule has 0 bridgehead atoms. The molecule has 0 aromatic heterocycles. The normalized spacial score (nSPS) is 15.1. The summed E-state index contributed by atoms with van der Waals surface area (Å²) in [5.74, 6) is -5.62. The van der Waals surface area contributed by atoms with Crippen molar-refractivity contribution in [3.63, 3.8) is 0 Å². The van der Waals surface area contributed by atoms with E-state index in [1.807, 2.05) is 0 Å². The lowest BCUT2D eigenvalue weighted by Crippen LogP contribution is -2.59. The molecular weight excluding hydrogens is 462 g/mol. The third-order valence-electron chi connectivity index (χ3n) is 5.43. The Kier molecular flexibility index (Phi) is 14.9. The topological polar surface area (TPSA) is 263 Å². The molecule has 35 heavy (non-hydrogen) atoms. The standard InChI is InChI=1S/C21H39N7O7/c1-3-11(2)17(28-18(31)12(23)7-8-15(24)29)20(33)27-14(10-16(25)30)19(32)26-13(21(34)35)6-4-5-9-22/h11-14,17H,3-10,22-23H2,1-2H3,(H2,24,29)(H2,25,30)(H,26,32)(H,27,33)(H,28,31)(H,34,35). The molecule has 0 saturated heterocycles. The predicted molar refractivity (Wildman–Crippen MR) is 126 cm³/mol. The first kappa shape index (κ1) is 31.7. The zero-order valence-electron chi connectivity index (χ0n) is 20.2. The molecule has 0 aliphatic rings. The highest BCUT2D eigenvalue weighted by Crippen LogP contribution is 2.10. The number of amides is 5. The summed E-state index contributed by atoms with van der Waals surface area (Å²) in [5.41, 5.74) is 21.4. The van der Waals surface area contributed by atoms with Crippen molar-refractivity contribution in [1.29, 1.82) is 0 Å². The van der Waals surface area contributed by atoms with Crippen LogP contribution in [0.5, 0.6) is 0 Å². The average molecular weight is 502 g/mol. The molecule has 5 atom stereocenters. The van der Waals surface area contributed by atoms with E-state index in [2.05, 4.69) is 16.0 Å². The maximum absolute atomic E-state index is 13.0. The van der Waals surface area contributed by atoms with Gasteiger partial charge in [0, 0.05) is 6.42 Å². The van der Waals surface area contributed by atoms with Crippen LogP contribution in [-0.2, 0) is 28.8 Å². The van der Waals surface area contributed by atoms with Gasteiger partial charge >= 0.3 is 5.97 Å². The van der Waals surface area contributed by atoms with E-state index in [-0.39, 0.29) is 19.3 Å². The number of hydrogen-bond acceptors (Lipinski definition) is 8. The number of carbonyl (C=O) groups excluding carboxylic acids is 5. The fraction of sp³-hybridized carbons (Fsp3) is 0.714. The number of aliphatic carboxylic acids is 1. The summed E-state index contributed by atoms with van der Waals surface area (Å²) in [6, 6.07) is -4.95. The van der Waals surface area contributed by atoms with Gasteiger partial charge in [-0.2, -0.15) is 0 Å². The molecule has 0 aliphatic carbocycles. The van der Waals surface area contributed by atoms with E-state index in [0.717, 1.165) is 0 Å². The van der Waals surface area contributed by atoms with Gasteiger partial charge in [0.2, 0.25) is 29.5 Å². The van der Waals surface area contributed by atoms with Crippen molar-refractivity contribution in [3.05, 3.63) is 0 Å². The molecule has 14 nitrogen and oxygen atoms in total. The van der Waals surface area contributed by atoms with Crippen molar-refractivity contribution >= 4 is 35.5 Å². The van der Waals surface area contributed by atoms with E-state index < -0.39 is 72.0 Å². The monoisotopic (exact) mass is 501 g/mol. The van der Waals surface area contributed by atoms with Gasteiger partial charge in [-0.25, -0.2) is 4.79 Å². The molecule has 0 fully saturated rings. The van der Waals surface area contributed by atoms with E-state index >= 15 is 0 Å². The molecule has 5 amide bonds. The van der Waals surface area contributed by atoms with E-state index in [1.165, 1.54) is 0 Å². The Bertz CT molecular complexity index is 762. The Morgan fingerprint density at radius 1 is 0.829 bits per heavy atom. The number of primary amides is 2. The van der Waals surface area contributed by atoms with Crippen molar-refractivity contribution in [1.82, 2.24) is 16.0 Å². The highest BCUT2D eigenvalue weighted by Gasteiger charge is 2.33. The molecule has 0 aliphatic heterocycles. The second kappa shape index (κ2) is 16.4. The van der Waals surface area contributed by atoms with Gasteiger partial charge in [0.05, 0.1) is 12.5 Å². The molecule has 5 unspecified atom stereocenters. The molecule has 0 heterocycles. The number of nitrogens with one attached hydrogen (secondary N) is 3. The van der Waals surface area contributed by atoms with Crippen LogP contribution in [-0.4, -0.2) is 71.3 Å². The second-order valence-electron chi connectivity index (χ2n) is 8.40. The van der Waals surface area contributed by atoms with Crippen molar-refractivity contribution in [2.75, 3.05) is 6.54 Å². The molecule has 0 saturated carbocycles. The van der Waals surface area contributed by atoms with Gasteiger partial charge in [0.1, 0.15) is 18.1 Å². The summed E-state index contributed by atoms with van der Waals surface area (Å²) in [6.07, 6.45) is 0.826. The van der Waals surface area contributed by atoms with Crippen LogP contribution in [0.2, 0.25) is 0 Å². The zero-order chi connectivity index (χ0) is 27.1. The fourth-order valence-electron chi connectivity index (χ4n) is 3.09. The number of rotatable bonds is 18. The highest BCUT2D eigenvalue weighted by molar-refractivity contribution is 5.96. The Hall–Kier alpha value is -3.26. The molecule has 12 N–H and O–H groups in total. The van der Waals surface area contributed by atoms with Crippen molar-refractivity contribution in [2.45, 2.75) is 83.0 Å². The largest absolute Gasteiger partial charge is 0.480 e. The second-order valence-corrected chi connectivity index (χ2v) is 8.40. The molecule has 0 aromatic carbocycles. The first-order valence-electron chi connectivity index (χ1n) is 11.5. The highest BCUT2D eigenvalue weighted by atomic mass is 16.4. The van der Waals surface area contributed by atoms with Gasteiger partial charge in [0.15, 0.2) is 0 Å². The number of carbonyl (C=O) groups is 6. The summed E-state index contributed by atoms with van der Waals surface area (Å²) in [4.78, 5) is 72.1. The van der Waals surface area contributed by atoms with Crippen molar-refractivity contribution in [2.24, 2.45) is 28.9 Å². The lowest BCUT2D eigenvalue weighted by Gasteiger charge is -2.27. The van der Waals surface area contributed by atoms with Crippen LogP contribution in [0.4, 0.5) is 0 Å². The quantitative estimate of drug-likeness (QED) is 0.0898. The van der Waals surface area contributed by atoms with Crippen LogP contribution in [0.3, 0.4) is 0 Å². The fourth-order valence-corrected chi connectivity index (χ4v) is 3.09. The Balaban J connectivity index is 5.50. The van der Waals surface area contributed by atoms with Crippen LogP contribution in [0.1, 0.15) is 58.8 Å². The van der Waals surface area contributed by atoms with Gasteiger partial charge in [0.25, 0.3) is 0 Å². The molecule has 0 spiro atoms.